The van der Waals surface area contributed by atoms with Gasteiger partial charge in [-0.3, -0.25) is 14.6 Å². The molecule has 2 N–H and O–H groups in total. The number of hydrogen-bond acceptors (Lipinski definition) is 4. The molecule has 27 heavy (non-hydrogen) atoms. The van der Waals surface area contributed by atoms with Crippen LogP contribution in [0.5, 0.6) is 0 Å². The van der Waals surface area contributed by atoms with Crippen molar-refractivity contribution in [3.8, 4) is 0 Å². The largest absolute Gasteiger partial charge is 0.481 e. The van der Waals surface area contributed by atoms with Crippen molar-refractivity contribution in [2.75, 3.05) is 19.6 Å². The number of nitrogens with zero attached hydrogens (tertiary/aromatic N) is 2. The predicted molar refractivity (Wildman–Crippen MR) is 102 cm³/mol. The average Bonchev–Trinajstić information content (AvgIpc) is 2.71. The third-order valence-electron chi connectivity index (χ3n) is 5.00. The lowest BCUT2D eigenvalue weighted by atomic mass is 9.88. The summed E-state index contributed by atoms with van der Waals surface area (Å²) in [6.45, 7) is 2.25. The zero-order valence-electron chi connectivity index (χ0n) is 15.3. The van der Waals surface area contributed by atoms with Crippen molar-refractivity contribution in [1.29, 1.82) is 0 Å². The molecule has 1 fully saturated rings. The molecule has 0 spiro atoms. The van der Waals surface area contributed by atoms with Crippen LogP contribution in [0.2, 0.25) is 0 Å². The van der Waals surface area contributed by atoms with E-state index in [1.54, 1.807) is 12.4 Å². The molecule has 0 aliphatic carbocycles. The summed E-state index contributed by atoms with van der Waals surface area (Å²) >= 11 is 0. The lowest BCUT2D eigenvalue weighted by Crippen LogP contribution is -2.48. The highest BCUT2D eigenvalue weighted by Crippen LogP contribution is 2.23. The summed E-state index contributed by atoms with van der Waals surface area (Å²) in [5, 5.41) is 12.4. The minimum Gasteiger partial charge on any atom is -0.481 e. The summed E-state index contributed by atoms with van der Waals surface area (Å²) in [5.74, 6) is -1.74. The van der Waals surface area contributed by atoms with Gasteiger partial charge in [-0.15, -0.1) is 0 Å². The van der Waals surface area contributed by atoms with Crippen LogP contribution in [0.3, 0.4) is 0 Å². The van der Waals surface area contributed by atoms with Crippen LogP contribution in [-0.4, -0.2) is 46.5 Å². The third kappa shape index (κ3) is 5.62. The van der Waals surface area contributed by atoms with Crippen molar-refractivity contribution < 1.29 is 14.7 Å². The highest BCUT2D eigenvalue weighted by atomic mass is 16.4. The van der Waals surface area contributed by atoms with Crippen LogP contribution in [-0.2, 0) is 22.6 Å². The molecule has 6 heteroatoms. The highest BCUT2D eigenvalue weighted by molar-refractivity contribution is 5.80. The maximum atomic E-state index is 12.6. The fraction of sp³-hybridized carbons (Fsp3) is 0.381. The van der Waals surface area contributed by atoms with Gasteiger partial charge in [-0.25, -0.2) is 0 Å². The summed E-state index contributed by atoms with van der Waals surface area (Å²) < 4.78 is 0. The SMILES string of the molecule is O=C(O)[C@H]1C[C@@H](C(=O)NCc2cccnc2)CN(CCc2ccccc2)C1. The molecular formula is C21H25N3O3. The molecule has 1 aromatic heterocycles. The molecule has 2 atom stereocenters. The monoisotopic (exact) mass is 367 g/mol. The number of benzene rings is 1. The fourth-order valence-corrected chi connectivity index (χ4v) is 3.51. The Balaban J connectivity index is 1.58. The fourth-order valence-electron chi connectivity index (χ4n) is 3.51. The summed E-state index contributed by atoms with van der Waals surface area (Å²) in [6, 6.07) is 13.8. The Morgan fingerprint density at radius 1 is 1.07 bits per heavy atom. The van der Waals surface area contributed by atoms with Gasteiger partial charge in [0.1, 0.15) is 0 Å². The van der Waals surface area contributed by atoms with Gasteiger partial charge in [-0.2, -0.15) is 0 Å². The number of hydrogen-bond donors (Lipinski definition) is 2. The number of amides is 1. The molecule has 1 saturated heterocycles. The first-order chi connectivity index (χ1) is 13.1. The van der Waals surface area contributed by atoms with Crippen LogP contribution in [0.25, 0.3) is 0 Å². The van der Waals surface area contributed by atoms with Crippen LogP contribution in [0.15, 0.2) is 54.9 Å². The minimum atomic E-state index is -0.829. The van der Waals surface area contributed by atoms with Crippen molar-refractivity contribution in [1.82, 2.24) is 15.2 Å². The number of likely N-dealkylation sites (tertiary alicyclic amines) is 1. The van der Waals surface area contributed by atoms with Crippen molar-refractivity contribution in [3.63, 3.8) is 0 Å². The molecule has 0 saturated carbocycles. The smallest absolute Gasteiger partial charge is 0.307 e. The number of nitrogens with one attached hydrogen (secondary N) is 1. The van der Waals surface area contributed by atoms with Crippen LogP contribution in [0, 0.1) is 11.8 Å². The summed E-state index contributed by atoms with van der Waals surface area (Å²) in [4.78, 5) is 30.3. The van der Waals surface area contributed by atoms with Gasteiger partial charge in [0.25, 0.3) is 0 Å². The average molecular weight is 367 g/mol. The number of aliphatic carboxylic acids is 1. The van der Waals surface area contributed by atoms with E-state index < -0.39 is 11.9 Å². The standard InChI is InChI=1S/C21H25N3O3/c25-20(23-13-17-7-4-9-22-12-17)18-11-19(21(26)27)15-24(14-18)10-8-16-5-2-1-3-6-16/h1-7,9,12,18-19H,8,10-11,13-15H2,(H,23,25)(H,26,27)/t18-,19+/m1/s1. The van der Waals surface area contributed by atoms with Crippen LogP contribution in [0.1, 0.15) is 17.5 Å². The Morgan fingerprint density at radius 3 is 2.52 bits per heavy atom. The van der Waals surface area contributed by atoms with Crippen molar-refractivity contribution in [3.05, 3.63) is 66.0 Å². The maximum absolute atomic E-state index is 12.6. The van der Waals surface area contributed by atoms with E-state index in [2.05, 4.69) is 27.3 Å². The topological polar surface area (TPSA) is 82.5 Å². The summed E-state index contributed by atoms with van der Waals surface area (Å²) in [5.41, 5.74) is 2.14. The molecule has 1 aliphatic rings. The van der Waals surface area contributed by atoms with Gasteiger partial charge in [0.15, 0.2) is 0 Å². The molecule has 1 amide bonds. The molecule has 0 radical (unpaired) electrons. The summed E-state index contributed by atoms with van der Waals surface area (Å²) in [7, 11) is 0. The van der Waals surface area contributed by atoms with E-state index >= 15 is 0 Å². The number of pyridine rings is 1. The number of carbonyl (C=O) groups is 2. The molecule has 3 rings (SSSR count). The molecule has 6 nitrogen and oxygen atoms in total. The van der Waals surface area contributed by atoms with E-state index in [9.17, 15) is 14.7 Å². The third-order valence-corrected chi connectivity index (χ3v) is 5.00. The first kappa shape index (κ1) is 19.0. The van der Waals surface area contributed by atoms with Crippen LogP contribution < -0.4 is 5.32 Å². The predicted octanol–water partition coefficient (Wildman–Crippen LogP) is 1.96. The number of carboxylic acids is 1. The molecule has 142 valence electrons. The second-order valence-electron chi connectivity index (χ2n) is 7.04. The van der Waals surface area contributed by atoms with Gasteiger partial charge in [-0.1, -0.05) is 36.4 Å². The Morgan fingerprint density at radius 2 is 1.81 bits per heavy atom. The number of piperidine rings is 1. The molecule has 2 heterocycles. The Kier molecular flexibility index (Phi) is 6.54. The number of rotatable bonds is 7. The zero-order chi connectivity index (χ0) is 19.1. The van der Waals surface area contributed by atoms with Crippen LogP contribution >= 0.6 is 0 Å². The molecule has 1 aromatic carbocycles. The molecule has 1 aliphatic heterocycles. The second-order valence-corrected chi connectivity index (χ2v) is 7.04. The first-order valence-electron chi connectivity index (χ1n) is 9.27. The van der Waals surface area contributed by atoms with Crippen molar-refractivity contribution >= 4 is 11.9 Å². The van der Waals surface area contributed by atoms with Gasteiger partial charge in [0.2, 0.25) is 5.91 Å². The van der Waals surface area contributed by atoms with Gasteiger partial charge >= 0.3 is 5.97 Å². The normalized spacial score (nSPS) is 20.1. The lowest BCUT2D eigenvalue weighted by molar-refractivity contribution is -0.145. The number of aromatic nitrogens is 1. The van der Waals surface area contributed by atoms with E-state index in [1.165, 1.54) is 5.56 Å². The first-order valence-corrected chi connectivity index (χ1v) is 9.27. The lowest BCUT2D eigenvalue weighted by Gasteiger charge is -2.35. The number of carbonyl (C=O) groups excluding carboxylic acids is 1. The van der Waals surface area contributed by atoms with Crippen molar-refractivity contribution in [2.45, 2.75) is 19.4 Å². The summed E-state index contributed by atoms with van der Waals surface area (Å²) in [6.07, 6.45) is 4.63. The highest BCUT2D eigenvalue weighted by Gasteiger charge is 2.34. The second kappa shape index (κ2) is 9.28. The van der Waals surface area contributed by atoms with Gasteiger partial charge in [0, 0.05) is 38.6 Å². The molecule has 2 aromatic rings. The van der Waals surface area contributed by atoms with E-state index in [0.717, 1.165) is 18.5 Å². The Bertz CT molecular complexity index is 752. The quantitative estimate of drug-likeness (QED) is 0.782. The molecule has 0 unspecified atom stereocenters. The van der Waals surface area contributed by atoms with Gasteiger partial charge in [-0.05, 0) is 30.0 Å². The van der Waals surface area contributed by atoms with E-state index in [0.29, 0.717) is 26.1 Å². The molecular weight excluding hydrogens is 342 g/mol. The van der Waals surface area contributed by atoms with E-state index in [1.807, 2.05) is 30.3 Å². The minimum absolute atomic E-state index is 0.0884. The van der Waals surface area contributed by atoms with Crippen LogP contribution in [0.4, 0.5) is 0 Å². The van der Waals surface area contributed by atoms with Gasteiger partial charge in [0.05, 0.1) is 11.8 Å². The Labute approximate surface area is 159 Å². The number of carboxylic acid groups (broad SMARTS) is 1. The van der Waals surface area contributed by atoms with Crippen molar-refractivity contribution in [2.24, 2.45) is 11.8 Å². The maximum Gasteiger partial charge on any atom is 0.307 e. The zero-order valence-corrected chi connectivity index (χ0v) is 15.3. The molecule has 0 bridgehead atoms. The van der Waals surface area contributed by atoms with E-state index in [-0.39, 0.29) is 11.8 Å². The van der Waals surface area contributed by atoms with Gasteiger partial charge < -0.3 is 15.3 Å². The Hall–Kier alpha value is -2.73. The van der Waals surface area contributed by atoms with E-state index in [4.69, 9.17) is 0 Å².